The molecule has 7 nitrogen and oxygen atoms in total. The van der Waals surface area contributed by atoms with Crippen molar-refractivity contribution in [1.29, 1.82) is 0 Å². The first-order valence-electron chi connectivity index (χ1n) is 9.16. The molecule has 25 heavy (non-hydrogen) atoms. The summed E-state index contributed by atoms with van der Waals surface area (Å²) >= 11 is 0. The largest absolute Gasteiger partial charge is 0.367 e. The van der Waals surface area contributed by atoms with Gasteiger partial charge < -0.3 is 10.2 Å². The first-order valence-corrected chi connectivity index (χ1v) is 9.16. The van der Waals surface area contributed by atoms with Crippen LogP contribution in [0.25, 0.3) is 0 Å². The molecule has 0 spiro atoms. The molecule has 1 saturated heterocycles. The molecular weight excluding hydrogens is 316 g/mol. The summed E-state index contributed by atoms with van der Waals surface area (Å²) in [7, 11) is 0. The molecule has 0 aromatic carbocycles. The van der Waals surface area contributed by atoms with Crippen LogP contribution in [-0.4, -0.2) is 49.7 Å². The number of hydrogen-bond donors (Lipinski definition) is 1. The van der Waals surface area contributed by atoms with Crippen molar-refractivity contribution >= 4 is 11.7 Å². The van der Waals surface area contributed by atoms with E-state index in [2.05, 4.69) is 20.4 Å². The van der Waals surface area contributed by atoms with Gasteiger partial charge in [-0.15, -0.1) is 0 Å². The summed E-state index contributed by atoms with van der Waals surface area (Å²) in [5, 5.41) is 7.79. The lowest BCUT2D eigenvalue weighted by Crippen LogP contribution is -2.43. The zero-order valence-corrected chi connectivity index (χ0v) is 14.6. The molecule has 2 aromatic rings. The summed E-state index contributed by atoms with van der Waals surface area (Å²) in [6.45, 7) is 4.24. The molecule has 0 saturated carbocycles. The van der Waals surface area contributed by atoms with E-state index in [-0.39, 0.29) is 5.91 Å². The van der Waals surface area contributed by atoms with E-state index in [1.807, 2.05) is 11.8 Å². The molecule has 1 fully saturated rings. The van der Waals surface area contributed by atoms with Gasteiger partial charge in [-0.2, -0.15) is 5.10 Å². The second kappa shape index (κ2) is 6.82. The summed E-state index contributed by atoms with van der Waals surface area (Å²) in [6, 6.07) is 2.17. The Morgan fingerprint density at radius 1 is 1.28 bits per heavy atom. The fraction of sp³-hybridized carbons (Fsp3) is 0.556. The number of rotatable bonds is 4. The van der Waals surface area contributed by atoms with E-state index >= 15 is 0 Å². The Morgan fingerprint density at radius 3 is 2.92 bits per heavy atom. The first-order chi connectivity index (χ1) is 12.3. The third-order valence-corrected chi connectivity index (χ3v) is 5.23. The maximum absolute atomic E-state index is 12.7. The maximum atomic E-state index is 12.7. The van der Waals surface area contributed by atoms with E-state index in [0.717, 1.165) is 44.6 Å². The van der Waals surface area contributed by atoms with Gasteiger partial charge >= 0.3 is 0 Å². The van der Waals surface area contributed by atoms with Crippen LogP contribution in [0.2, 0.25) is 0 Å². The minimum atomic E-state index is 0.0840. The average Bonchev–Trinajstić information content (AvgIpc) is 3.31. The minimum absolute atomic E-state index is 0.0840. The fourth-order valence-corrected chi connectivity index (χ4v) is 3.83. The Balaban J connectivity index is 1.37. The van der Waals surface area contributed by atoms with Crippen LogP contribution >= 0.6 is 0 Å². The molecule has 1 amide bonds. The third-order valence-electron chi connectivity index (χ3n) is 5.23. The number of carbonyl (C=O) groups is 1. The molecule has 132 valence electrons. The van der Waals surface area contributed by atoms with Crippen molar-refractivity contribution in [3.05, 3.63) is 35.5 Å². The molecule has 1 aliphatic carbocycles. The van der Waals surface area contributed by atoms with Crippen molar-refractivity contribution in [3.8, 4) is 0 Å². The topological polar surface area (TPSA) is 75.9 Å². The Labute approximate surface area is 147 Å². The quantitative estimate of drug-likeness (QED) is 0.920. The summed E-state index contributed by atoms with van der Waals surface area (Å²) in [6.07, 6.45) is 8.52. The molecule has 0 unspecified atom stereocenters. The van der Waals surface area contributed by atoms with Gasteiger partial charge in [-0.25, -0.2) is 9.97 Å². The van der Waals surface area contributed by atoms with Gasteiger partial charge in [0.25, 0.3) is 5.91 Å². The lowest BCUT2D eigenvalue weighted by atomic mass is 10.0. The Kier molecular flexibility index (Phi) is 4.38. The summed E-state index contributed by atoms with van der Waals surface area (Å²) in [4.78, 5) is 23.4. The molecule has 3 heterocycles. The second-order valence-electron chi connectivity index (χ2n) is 6.74. The van der Waals surface area contributed by atoms with E-state index in [1.165, 1.54) is 17.7 Å². The zero-order chi connectivity index (χ0) is 17.2. The Hall–Kier alpha value is -2.44. The molecule has 2 aliphatic rings. The zero-order valence-electron chi connectivity index (χ0n) is 14.6. The molecule has 0 radical (unpaired) electrons. The Bertz CT molecular complexity index is 763. The van der Waals surface area contributed by atoms with Gasteiger partial charge in [0.2, 0.25) is 0 Å². The van der Waals surface area contributed by atoms with Crippen LogP contribution in [0.4, 0.5) is 5.82 Å². The highest BCUT2D eigenvalue weighted by molar-refractivity contribution is 5.92. The minimum Gasteiger partial charge on any atom is -0.367 e. The number of nitrogens with one attached hydrogen (secondary N) is 1. The van der Waals surface area contributed by atoms with Gasteiger partial charge in [0.1, 0.15) is 17.8 Å². The third kappa shape index (κ3) is 3.10. The van der Waals surface area contributed by atoms with Gasteiger partial charge in [0.05, 0.1) is 0 Å². The summed E-state index contributed by atoms with van der Waals surface area (Å²) < 4.78 is 1.76. The Morgan fingerprint density at radius 2 is 2.12 bits per heavy atom. The smallest absolute Gasteiger partial charge is 0.272 e. The molecule has 2 aromatic heterocycles. The van der Waals surface area contributed by atoms with Crippen LogP contribution in [0.3, 0.4) is 0 Å². The van der Waals surface area contributed by atoms with Gasteiger partial charge in [-0.3, -0.25) is 9.48 Å². The highest BCUT2D eigenvalue weighted by Crippen LogP contribution is 2.27. The molecule has 4 rings (SSSR count). The number of anilines is 1. The predicted octanol–water partition coefficient (Wildman–Crippen LogP) is 1.90. The summed E-state index contributed by atoms with van der Waals surface area (Å²) in [5.74, 6) is 1.08. The van der Waals surface area contributed by atoms with Gasteiger partial charge in [0.15, 0.2) is 0 Å². The average molecular weight is 340 g/mol. The molecule has 0 bridgehead atoms. The van der Waals surface area contributed by atoms with E-state index in [4.69, 9.17) is 0 Å². The van der Waals surface area contributed by atoms with Gasteiger partial charge in [-0.05, 0) is 45.1 Å². The van der Waals surface area contributed by atoms with Crippen LogP contribution in [0.1, 0.15) is 47.9 Å². The second-order valence-corrected chi connectivity index (χ2v) is 6.74. The van der Waals surface area contributed by atoms with Gasteiger partial charge in [0, 0.05) is 43.1 Å². The van der Waals surface area contributed by atoms with Crippen molar-refractivity contribution in [2.45, 2.75) is 51.6 Å². The number of aromatic nitrogens is 4. The first kappa shape index (κ1) is 16.1. The number of hydrogen-bond acceptors (Lipinski definition) is 5. The van der Waals surface area contributed by atoms with E-state index < -0.39 is 0 Å². The van der Waals surface area contributed by atoms with E-state index in [9.17, 15) is 4.79 Å². The molecule has 1 N–H and O–H groups in total. The number of fused-ring (bicyclic) bond motifs is 1. The van der Waals surface area contributed by atoms with Crippen LogP contribution in [0, 0.1) is 0 Å². The SMILES string of the molecule is CCn1nccc1C(=O)N1CCC(Nc2ncnc3c2CCC3)CC1. The molecule has 7 heteroatoms. The van der Waals surface area contributed by atoms with Gasteiger partial charge in [-0.1, -0.05) is 0 Å². The maximum Gasteiger partial charge on any atom is 0.272 e. The molecule has 0 atom stereocenters. The number of nitrogens with zero attached hydrogens (tertiary/aromatic N) is 5. The predicted molar refractivity (Wildman–Crippen MR) is 94.5 cm³/mol. The number of piperidine rings is 1. The number of aryl methyl sites for hydroxylation is 2. The monoisotopic (exact) mass is 340 g/mol. The van der Waals surface area contributed by atoms with Crippen LogP contribution in [0.5, 0.6) is 0 Å². The normalized spacial score (nSPS) is 17.6. The van der Waals surface area contributed by atoms with Crippen LogP contribution in [-0.2, 0) is 19.4 Å². The number of amides is 1. The lowest BCUT2D eigenvalue weighted by molar-refractivity contribution is 0.0706. The number of likely N-dealkylation sites (tertiary alicyclic amines) is 1. The number of carbonyl (C=O) groups excluding carboxylic acids is 1. The van der Waals surface area contributed by atoms with Crippen molar-refractivity contribution in [2.75, 3.05) is 18.4 Å². The van der Waals surface area contributed by atoms with Crippen LogP contribution < -0.4 is 5.32 Å². The molecular formula is C18H24N6O. The standard InChI is InChI=1S/C18H24N6O/c1-2-24-16(6-9-21-24)18(25)23-10-7-13(8-11-23)22-17-14-4-3-5-15(14)19-12-20-17/h6,9,12-13H,2-5,7-8,10-11H2,1H3,(H,19,20,22). The van der Waals surface area contributed by atoms with Crippen LogP contribution in [0.15, 0.2) is 18.6 Å². The van der Waals surface area contributed by atoms with E-state index in [1.54, 1.807) is 23.3 Å². The van der Waals surface area contributed by atoms with E-state index in [0.29, 0.717) is 18.3 Å². The fourth-order valence-electron chi connectivity index (χ4n) is 3.83. The molecule has 1 aliphatic heterocycles. The lowest BCUT2D eigenvalue weighted by Gasteiger charge is -2.33. The van der Waals surface area contributed by atoms with Crippen molar-refractivity contribution in [2.24, 2.45) is 0 Å². The van der Waals surface area contributed by atoms with Crippen molar-refractivity contribution in [3.63, 3.8) is 0 Å². The highest BCUT2D eigenvalue weighted by Gasteiger charge is 2.26. The summed E-state index contributed by atoms with van der Waals surface area (Å²) in [5.41, 5.74) is 3.16. The van der Waals surface area contributed by atoms with Crippen molar-refractivity contribution in [1.82, 2.24) is 24.6 Å². The highest BCUT2D eigenvalue weighted by atomic mass is 16.2. The van der Waals surface area contributed by atoms with Crippen molar-refractivity contribution < 1.29 is 4.79 Å².